The van der Waals surface area contributed by atoms with Gasteiger partial charge in [-0.25, -0.2) is 0 Å². The van der Waals surface area contributed by atoms with E-state index in [0.717, 1.165) is 17.7 Å². The Balaban J connectivity index is 1.88. The van der Waals surface area contributed by atoms with Gasteiger partial charge in [0.1, 0.15) is 11.5 Å². The third kappa shape index (κ3) is 4.63. The molecule has 0 aliphatic carbocycles. The van der Waals surface area contributed by atoms with Gasteiger partial charge in [-0.3, -0.25) is 10.1 Å². The third-order valence-electron chi connectivity index (χ3n) is 3.77. The number of nitrogens with zero attached hydrogens (tertiary/aromatic N) is 1. The van der Waals surface area contributed by atoms with Crippen LogP contribution in [0.3, 0.4) is 0 Å². The lowest BCUT2D eigenvalue weighted by Crippen LogP contribution is -1.93. The molecule has 0 atom stereocenters. The first-order chi connectivity index (χ1) is 12.8. The van der Waals surface area contributed by atoms with Gasteiger partial charge < -0.3 is 9.84 Å². The van der Waals surface area contributed by atoms with Gasteiger partial charge in [-0.15, -0.1) is 0 Å². The fourth-order valence-corrected chi connectivity index (χ4v) is 3.14. The van der Waals surface area contributed by atoms with Crippen molar-refractivity contribution in [3.63, 3.8) is 0 Å². The number of nitro benzene ring substituents is 1. The van der Waals surface area contributed by atoms with Crippen LogP contribution >= 0.6 is 34.8 Å². The quantitative estimate of drug-likeness (QED) is 0.368. The summed E-state index contributed by atoms with van der Waals surface area (Å²) in [7, 11) is 0. The number of rotatable bonds is 5. The SMILES string of the molecule is O=[N+]([O-])c1cc(Cl)c(Oc2ccc(O)c(Cc3ccc(Cl)cc3)c2)c(Cl)c1. The predicted octanol–water partition coefficient (Wildman–Crippen LogP) is 6.64. The van der Waals surface area contributed by atoms with Crippen LogP contribution in [0, 0.1) is 10.1 Å². The van der Waals surface area contributed by atoms with E-state index in [4.69, 9.17) is 39.5 Å². The summed E-state index contributed by atoms with van der Waals surface area (Å²) in [4.78, 5) is 10.3. The van der Waals surface area contributed by atoms with Crippen LogP contribution in [-0.4, -0.2) is 10.0 Å². The number of halogens is 3. The van der Waals surface area contributed by atoms with Gasteiger partial charge in [-0.05, 0) is 35.9 Å². The summed E-state index contributed by atoms with van der Waals surface area (Å²) < 4.78 is 5.71. The Morgan fingerprint density at radius 1 is 0.963 bits per heavy atom. The van der Waals surface area contributed by atoms with Crippen LogP contribution in [0.15, 0.2) is 54.6 Å². The van der Waals surface area contributed by atoms with Crippen molar-refractivity contribution >= 4 is 40.5 Å². The summed E-state index contributed by atoms with van der Waals surface area (Å²) in [5, 5.41) is 21.6. The highest BCUT2D eigenvalue weighted by atomic mass is 35.5. The van der Waals surface area contributed by atoms with E-state index in [0.29, 0.717) is 22.8 Å². The first-order valence-electron chi connectivity index (χ1n) is 7.71. The standard InChI is InChI=1S/C19H12Cl3NO4/c20-13-3-1-11(2-4-13)7-12-8-15(5-6-18(12)24)27-19-16(21)9-14(23(25)26)10-17(19)22/h1-6,8-10,24H,7H2. The van der Waals surface area contributed by atoms with Crippen molar-refractivity contribution in [3.05, 3.63) is 90.9 Å². The minimum Gasteiger partial charge on any atom is -0.508 e. The maximum atomic E-state index is 10.9. The van der Waals surface area contributed by atoms with Crippen LogP contribution in [0.5, 0.6) is 17.2 Å². The molecule has 0 fully saturated rings. The monoisotopic (exact) mass is 423 g/mol. The number of nitro groups is 1. The molecule has 3 rings (SSSR count). The lowest BCUT2D eigenvalue weighted by Gasteiger charge is -2.12. The maximum Gasteiger partial charge on any atom is 0.272 e. The molecule has 0 amide bonds. The van der Waals surface area contributed by atoms with Gasteiger partial charge in [-0.1, -0.05) is 46.9 Å². The zero-order valence-electron chi connectivity index (χ0n) is 13.7. The summed E-state index contributed by atoms with van der Waals surface area (Å²) in [6.07, 6.45) is 0.460. The Kier molecular flexibility index (Phi) is 5.75. The van der Waals surface area contributed by atoms with Crippen molar-refractivity contribution in [2.45, 2.75) is 6.42 Å². The molecule has 5 nitrogen and oxygen atoms in total. The molecule has 0 bridgehead atoms. The van der Waals surface area contributed by atoms with E-state index in [1.165, 1.54) is 6.07 Å². The minimum atomic E-state index is -0.591. The largest absolute Gasteiger partial charge is 0.508 e. The normalized spacial score (nSPS) is 10.6. The van der Waals surface area contributed by atoms with Gasteiger partial charge in [0.05, 0.1) is 15.0 Å². The highest BCUT2D eigenvalue weighted by Crippen LogP contribution is 2.40. The van der Waals surface area contributed by atoms with E-state index in [-0.39, 0.29) is 27.2 Å². The van der Waals surface area contributed by atoms with Gasteiger partial charge >= 0.3 is 0 Å². The number of phenols is 1. The molecule has 0 heterocycles. The van der Waals surface area contributed by atoms with Crippen LogP contribution in [-0.2, 0) is 6.42 Å². The summed E-state index contributed by atoms with van der Waals surface area (Å²) in [5.41, 5.74) is 1.36. The Morgan fingerprint density at radius 2 is 1.59 bits per heavy atom. The molecule has 0 radical (unpaired) electrons. The van der Waals surface area contributed by atoms with E-state index >= 15 is 0 Å². The Hall–Kier alpha value is -2.47. The van der Waals surface area contributed by atoms with E-state index < -0.39 is 4.92 Å². The van der Waals surface area contributed by atoms with Crippen LogP contribution in [0.2, 0.25) is 15.1 Å². The van der Waals surface area contributed by atoms with E-state index in [1.807, 2.05) is 12.1 Å². The molecule has 8 heteroatoms. The smallest absolute Gasteiger partial charge is 0.272 e. The molecule has 3 aromatic carbocycles. The number of aromatic hydroxyl groups is 1. The highest BCUT2D eigenvalue weighted by molar-refractivity contribution is 6.37. The highest BCUT2D eigenvalue weighted by Gasteiger charge is 2.17. The van der Waals surface area contributed by atoms with Crippen molar-refractivity contribution in [1.29, 1.82) is 0 Å². The first-order valence-corrected chi connectivity index (χ1v) is 8.84. The first kappa shape index (κ1) is 19.3. The van der Waals surface area contributed by atoms with E-state index in [1.54, 1.807) is 24.3 Å². The second-order valence-electron chi connectivity index (χ2n) is 5.69. The minimum absolute atomic E-state index is 0.0153. The molecule has 3 aromatic rings. The van der Waals surface area contributed by atoms with Crippen molar-refractivity contribution < 1.29 is 14.8 Å². The van der Waals surface area contributed by atoms with E-state index in [2.05, 4.69) is 0 Å². The molecule has 0 aliphatic rings. The van der Waals surface area contributed by atoms with Gasteiger partial charge in [-0.2, -0.15) is 0 Å². The number of benzene rings is 3. The molecule has 0 unspecified atom stereocenters. The summed E-state index contributed by atoms with van der Waals surface area (Å²) in [5.74, 6) is 0.597. The number of hydrogen-bond acceptors (Lipinski definition) is 4. The molecule has 0 saturated heterocycles. The molecule has 0 spiro atoms. The second kappa shape index (κ2) is 8.05. The number of hydrogen-bond donors (Lipinski definition) is 1. The molecule has 0 aromatic heterocycles. The van der Waals surface area contributed by atoms with Crippen molar-refractivity contribution in [1.82, 2.24) is 0 Å². The van der Waals surface area contributed by atoms with Gasteiger partial charge in [0.25, 0.3) is 5.69 Å². The molecule has 27 heavy (non-hydrogen) atoms. The van der Waals surface area contributed by atoms with Gasteiger partial charge in [0.15, 0.2) is 5.75 Å². The molecule has 138 valence electrons. The number of non-ortho nitro benzene ring substituents is 1. The van der Waals surface area contributed by atoms with Crippen molar-refractivity contribution in [2.75, 3.05) is 0 Å². The fourth-order valence-electron chi connectivity index (χ4n) is 2.46. The Labute approximate surface area is 169 Å². The van der Waals surface area contributed by atoms with Gasteiger partial charge in [0.2, 0.25) is 0 Å². The van der Waals surface area contributed by atoms with Crippen molar-refractivity contribution in [3.8, 4) is 17.2 Å². The molecule has 1 N–H and O–H groups in total. The van der Waals surface area contributed by atoms with Crippen LogP contribution in [0.4, 0.5) is 5.69 Å². The fraction of sp³-hybridized carbons (Fsp3) is 0.0526. The third-order valence-corrected chi connectivity index (χ3v) is 4.59. The zero-order chi connectivity index (χ0) is 19.6. The Morgan fingerprint density at radius 3 is 2.19 bits per heavy atom. The van der Waals surface area contributed by atoms with Crippen LogP contribution in [0.25, 0.3) is 0 Å². The van der Waals surface area contributed by atoms with Gasteiger partial charge in [0, 0.05) is 29.1 Å². The Bertz CT molecular complexity index is 983. The lowest BCUT2D eigenvalue weighted by atomic mass is 10.0. The average Bonchev–Trinajstić information content (AvgIpc) is 2.62. The average molecular weight is 425 g/mol. The molecule has 0 aliphatic heterocycles. The maximum absolute atomic E-state index is 10.9. The summed E-state index contributed by atoms with van der Waals surface area (Å²) in [6, 6.07) is 14.3. The van der Waals surface area contributed by atoms with Crippen LogP contribution in [0.1, 0.15) is 11.1 Å². The topological polar surface area (TPSA) is 72.6 Å². The zero-order valence-corrected chi connectivity index (χ0v) is 15.9. The second-order valence-corrected chi connectivity index (χ2v) is 6.94. The predicted molar refractivity (Wildman–Crippen MR) is 106 cm³/mol. The summed E-state index contributed by atoms with van der Waals surface area (Å²) in [6.45, 7) is 0. The molecular weight excluding hydrogens is 413 g/mol. The number of phenolic OH excluding ortho intramolecular Hbond substituents is 1. The summed E-state index contributed by atoms with van der Waals surface area (Å²) >= 11 is 18.0. The van der Waals surface area contributed by atoms with E-state index in [9.17, 15) is 15.2 Å². The van der Waals surface area contributed by atoms with Crippen molar-refractivity contribution in [2.24, 2.45) is 0 Å². The number of ether oxygens (including phenoxy) is 1. The van der Waals surface area contributed by atoms with Crippen LogP contribution < -0.4 is 4.74 Å². The lowest BCUT2D eigenvalue weighted by molar-refractivity contribution is -0.384. The molecular formula is C19H12Cl3NO4. The molecule has 0 saturated carbocycles.